The maximum absolute atomic E-state index is 13.8. The molecule has 0 radical (unpaired) electrons. The molecule has 0 bridgehead atoms. The first-order valence-corrected chi connectivity index (χ1v) is 8.81. The van der Waals surface area contributed by atoms with Crippen LogP contribution in [-0.2, 0) is 0 Å². The largest absolute Gasteiger partial charge is 0.397 e. The average Bonchev–Trinajstić information content (AvgIpc) is 3.07. The average molecular weight is 374 g/mol. The van der Waals surface area contributed by atoms with Gasteiger partial charge in [-0.25, -0.2) is 9.18 Å². The summed E-state index contributed by atoms with van der Waals surface area (Å²) in [6.07, 6.45) is 1.78. The van der Waals surface area contributed by atoms with E-state index < -0.39 is 11.8 Å². The van der Waals surface area contributed by atoms with Crippen LogP contribution in [0.3, 0.4) is 0 Å². The van der Waals surface area contributed by atoms with E-state index in [4.69, 9.17) is 5.73 Å². The molecule has 0 saturated carbocycles. The zero-order valence-corrected chi connectivity index (χ0v) is 15.2. The van der Waals surface area contributed by atoms with Crippen molar-refractivity contribution in [1.29, 1.82) is 0 Å². The molecule has 1 heterocycles. The molecule has 0 spiro atoms. The Bertz CT molecular complexity index is 1170. The van der Waals surface area contributed by atoms with Gasteiger partial charge in [0, 0.05) is 22.8 Å². The van der Waals surface area contributed by atoms with Crippen LogP contribution in [0.2, 0.25) is 0 Å². The van der Waals surface area contributed by atoms with Crippen molar-refractivity contribution in [3.63, 3.8) is 0 Å². The molecule has 0 fully saturated rings. The molecule has 0 atom stereocenters. The smallest absolute Gasteiger partial charge is 0.323 e. The van der Waals surface area contributed by atoms with Crippen molar-refractivity contribution < 1.29 is 9.18 Å². The van der Waals surface area contributed by atoms with Gasteiger partial charge in [0.2, 0.25) is 0 Å². The number of anilines is 3. The summed E-state index contributed by atoms with van der Waals surface area (Å²) in [5.74, 6) is -0.478. The number of nitrogens with two attached hydrogens (primary N) is 1. The number of aromatic nitrogens is 1. The predicted octanol–water partition coefficient (Wildman–Crippen LogP) is 5.51. The predicted molar refractivity (Wildman–Crippen MR) is 112 cm³/mol. The third kappa shape index (κ3) is 3.40. The van der Waals surface area contributed by atoms with Crippen LogP contribution in [0.5, 0.6) is 0 Å². The van der Waals surface area contributed by atoms with Crippen LogP contribution in [0.4, 0.5) is 26.2 Å². The normalized spacial score (nSPS) is 10.8. The zero-order valence-electron chi connectivity index (χ0n) is 15.2. The number of H-pyrrole nitrogens is 1. The number of aromatic amines is 1. The van der Waals surface area contributed by atoms with Crippen LogP contribution < -0.4 is 16.4 Å². The van der Waals surface area contributed by atoms with Crippen LogP contribution in [0.15, 0.2) is 66.9 Å². The number of nitrogen functional groups attached to an aromatic ring is 1. The minimum absolute atomic E-state index is 0.142. The molecule has 6 heteroatoms. The van der Waals surface area contributed by atoms with E-state index >= 15 is 0 Å². The molecule has 5 N–H and O–H groups in total. The van der Waals surface area contributed by atoms with Gasteiger partial charge in [0.05, 0.1) is 11.4 Å². The van der Waals surface area contributed by atoms with Crippen LogP contribution in [0, 0.1) is 12.7 Å². The van der Waals surface area contributed by atoms with Crippen molar-refractivity contribution in [3.05, 3.63) is 78.2 Å². The van der Waals surface area contributed by atoms with Crippen molar-refractivity contribution in [2.24, 2.45) is 0 Å². The van der Waals surface area contributed by atoms with Crippen molar-refractivity contribution in [3.8, 4) is 11.1 Å². The fourth-order valence-corrected chi connectivity index (χ4v) is 3.20. The van der Waals surface area contributed by atoms with E-state index in [-0.39, 0.29) is 5.69 Å². The highest BCUT2D eigenvalue weighted by Gasteiger charge is 2.10. The third-order valence-electron chi connectivity index (χ3n) is 4.56. The second kappa shape index (κ2) is 7.08. The molecule has 3 aromatic carbocycles. The number of hydrogen-bond donors (Lipinski definition) is 4. The highest BCUT2D eigenvalue weighted by Crippen LogP contribution is 2.32. The number of carbonyl (C=O) groups excluding carboxylic acids is 1. The van der Waals surface area contributed by atoms with Crippen molar-refractivity contribution in [2.45, 2.75) is 6.92 Å². The summed E-state index contributed by atoms with van der Waals surface area (Å²) in [6.45, 7) is 1.83. The first-order valence-electron chi connectivity index (χ1n) is 8.81. The maximum Gasteiger partial charge on any atom is 0.323 e. The zero-order chi connectivity index (χ0) is 19.7. The quantitative estimate of drug-likeness (QED) is 0.381. The Kier molecular flexibility index (Phi) is 4.45. The van der Waals surface area contributed by atoms with Gasteiger partial charge in [0.15, 0.2) is 0 Å². The number of amides is 2. The molecule has 0 saturated heterocycles. The Labute approximate surface area is 161 Å². The number of halogens is 1. The third-order valence-corrected chi connectivity index (χ3v) is 4.56. The molecule has 4 rings (SSSR count). The lowest BCUT2D eigenvalue weighted by molar-refractivity contribution is 0.262. The summed E-state index contributed by atoms with van der Waals surface area (Å²) in [4.78, 5) is 15.3. The van der Waals surface area contributed by atoms with Crippen LogP contribution >= 0.6 is 0 Å². The molecule has 140 valence electrons. The highest BCUT2D eigenvalue weighted by atomic mass is 19.1. The highest BCUT2D eigenvalue weighted by molar-refractivity contribution is 6.04. The van der Waals surface area contributed by atoms with Gasteiger partial charge in [-0.05, 0) is 53.9 Å². The van der Waals surface area contributed by atoms with E-state index in [1.54, 1.807) is 30.5 Å². The standard InChI is InChI=1S/C22H19FN4O/c1-13-5-10-17(23)20(11-13)27-22(28)26-15-8-6-14(7-9-15)16-3-2-4-19-21(16)18(24)12-25-19/h2-12,25H,24H2,1H3,(H2,26,27,28). The van der Waals surface area contributed by atoms with E-state index in [9.17, 15) is 9.18 Å². The molecule has 28 heavy (non-hydrogen) atoms. The lowest BCUT2D eigenvalue weighted by atomic mass is 10.0. The van der Waals surface area contributed by atoms with Gasteiger partial charge in [0.1, 0.15) is 5.82 Å². The number of carbonyl (C=O) groups is 1. The Morgan fingerprint density at radius 1 is 1.04 bits per heavy atom. The molecule has 0 aliphatic rings. The fraction of sp³-hybridized carbons (Fsp3) is 0.0455. The Hall–Kier alpha value is -3.80. The Morgan fingerprint density at radius 3 is 2.61 bits per heavy atom. The summed E-state index contributed by atoms with van der Waals surface area (Å²) in [5, 5.41) is 6.21. The monoisotopic (exact) mass is 374 g/mol. The number of rotatable bonds is 3. The van der Waals surface area contributed by atoms with Gasteiger partial charge in [-0.15, -0.1) is 0 Å². The van der Waals surface area contributed by atoms with Gasteiger partial charge in [-0.3, -0.25) is 0 Å². The molecule has 1 aromatic heterocycles. The molecule has 0 aliphatic carbocycles. The first kappa shape index (κ1) is 17.6. The number of urea groups is 1. The summed E-state index contributed by atoms with van der Waals surface area (Å²) in [5.41, 5.74) is 11.3. The minimum Gasteiger partial charge on any atom is -0.397 e. The number of benzene rings is 3. The summed E-state index contributed by atoms with van der Waals surface area (Å²) in [7, 11) is 0. The van der Waals surface area contributed by atoms with E-state index in [1.165, 1.54) is 6.07 Å². The van der Waals surface area contributed by atoms with E-state index in [0.717, 1.165) is 27.6 Å². The molecule has 4 aromatic rings. The van der Waals surface area contributed by atoms with E-state index in [2.05, 4.69) is 15.6 Å². The Morgan fingerprint density at radius 2 is 1.82 bits per heavy atom. The fourth-order valence-electron chi connectivity index (χ4n) is 3.20. The topological polar surface area (TPSA) is 82.9 Å². The minimum atomic E-state index is -0.505. The number of fused-ring (bicyclic) bond motifs is 1. The van der Waals surface area contributed by atoms with Gasteiger partial charge < -0.3 is 21.4 Å². The van der Waals surface area contributed by atoms with Gasteiger partial charge in [-0.2, -0.15) is 0 Å². The maximum atomic E-state index is 13.8. The van der Waals surface area contributed by atoms with Crippen LogP contribution in [0.25, 0.3) is 22.0 Å². The van der Waals surface area contributed by atoms with Crippen molar-refractivity contribution in [2.75, 3.05) is 16.4 Å². The van der Waals surface area contributed by atoms with Crippen molar-refractivity contribution in [1.82, 2.24) is 4.98 Å². The van der Waals surface area contributed by atoms with Crippen LogP contribution in [0.1, 0.15) is 5.56 Å². The molecule has 5 nitrogen and oxygen atoms in total. The molecule has 0 aliphatic heterocycles. The SMILES string of the molecule is Cc1ccc(F)c(NC(=O)Nc2ccc(-c3cccc4[nH]cc(N)c34)cc2)c1. The van der Waals surface area contributed by atoms with E-state index in [1.807, 2.05) is 37.3 Å². The first-order chi connectivity index (χ1) is 13.5. The van der Waals surface area contributed by atoms with E-state index in [0.29, 0.717) is 11.4 Å². The molecule has 2 amide bonds. The number of hydrogen-bond acceptors (Lipinski definition) is 2. The second-order valence-corrected chi connectivity index (χ2v) is 6.61. The lowest BCUT2D eigenvalue weighted by Crippen LogP contribution is -2.20. The van der Waals surface area contributed by atoms with Gasteiger partial charge in [0.25, 0.3) is 0 Å². The van der Waals surface area contributed by atoms with Gasteiger partial charge >= 0.3 is 6.03 Å². The summed E-state index contributed by atoms with van der Waals surface area (Å²) < 4.78 is 13.8. The summed E-state index contributed by atoms with van der Waals surface area (Å²) in [6, 6.07) is 17.4. The van der Waals surface area contributed by atoms with Crippen molar-refractivity contribution >= 4 is 34.0 Å². The molecular weight excluding hydrogens is 355 g/mol. The molecular formula is C22H19FN4O. The van der Waals surface area contributed by atoms with Crippen LogP contribution in [-0.4, -0.2) is 11.0 Å². The Balaban J connectivity index is 1.52. The number of nitrogens with one attached hydrogen (secondary N) is 3. The molecule has 0 unspecified atom stereocenters. The lowest BCUT2D eigenvalue weighted by Gasteiger charge is -2.10. The summed E-state index contributed by atoms with van der Waals surface area (Å²) >= 11 is 0. The second-order valence-electron chi connectivity index (χ2n) is 6.61. The van der Waals surface area contributed by atoms with Gasteiger partial charge in [-0.1, -0.05) is 30.3 Å². The number of aryl methyl sites for hydroxylation is 1.